The minimum atomic E-state index is -0.258. The van der Waals surface area contributed by atoms with Crippen molar-refractivity contribution >= 4 is 5.84 Å². The van der Waals surface area contributed by atoms with Crippen molar-refractivity contribution in [2.24, 2.45) is 5.73 Å². The molecule has 1 aromatic rings. The highest BCUT2D eigenvalue weighted by atomic mass is 16.5. The molecule has 5 heteroatoms. The van der Waals surface area contributed by atoms with Crippen LogP contribution in [0.2, 0.25) is 0 Å². The lowest BCUT2D eigenvalue weighted by molar-refractivity contribution is 0.00277. The third-order valence-electron chi connectivity index (χ3n) is 3.77. The van der Waals surface area contributed by atoms with E-state index in [2.05, 4.69) is 17.0 Å². The summed E-state index contributed by atoms with van der Waals surface area (Å²) < 4.78 is 11.2. The van der Waals surface area contributed by atoms with E-state index in [1.807, 2.05) is 12.1 Å². The molecule has 2 aliphatic heterocycles. The van der Waals surface area contributed by atoms with Crippen molar-refractivity contribution in [3.8, 4) is 5.75 Å². The van der Waals surface area contributed by atoms with Crippen molar-refractivity contribution in [2.75, 3.05) is 32.8 Å². The summed E-state index contributed by atoms with van der Waals surface area (Å²) in [7, 11) is 0. The Hall–Kier alpha value is -1.59. The Balaban J connectivity index is 1.65. The molecule has 102 valence electrons. The molecule has 0 aliphatic carbocycles. The molecule has 2 atom stereocenters. The number of rotatable bonds is 3. The number of morpholine rings is 1. The Morgan fingerprint density at radius 1 is 1.42 bits per heavy atom. The van der Waals surface area contributed by atoms with Gasteiger partial charge in [-0.05, 0) is 6.07 Å². The van der Waals surface area contributed by atoms with Crippen LogP contribution in [0.4, 0.5) is 0 Å². The van der Waals surface area contributed by atoms with Crippen molar-refractivity contribution in [2.45, 2.75) is 12.0 Å². The molecule has 1 saturated heterocycles. The zero-order valence-electron chi connectivity index (χ0n) is 10.8. The fraction of sp³-hybridized carbons (Fsp3) is 0.500. The first-order valence-corrected chi connectivity index (χ1v) is 6.63. The molecule has 1 aromatic carbocycles. The van der Waals surface area contributed by atoms with Crippen LogP contribution in [0.15, 0.2) is 24.3 Å². The molecule has 0 bridgehead atoms. The molecule has 19 heavy (non-hydrogen) atoms. The second-order valence-corrected chi connectivity index (χ2v) is 5.12. The van der Waals surface area contributed by atoms with E-state index in [1.165, 1.54) is 5.56 Å². The van der Waals surface area contributed by atoms with E-state index in [0.29, 0.717) is 19.1 Å². The van der Waals surface area contributed by atoms with E-state index in [4.69, 9.17) is 20.6 Å². The lowest BCUT2D eigenvalue weighted by Crippen LogP contribution is -2.49. The monoisotopic (exact) mass is 261 g/mol. The fourth-order valence-electron chi connectivity index (χ4n) is 2.75. The Kier molecular flexibility index (Phi) is 3.40. The number of hydrogen-bond donors (Lipinski definition) is 2. The fourth-order valence-corrected chi connectivity index (χ4v) is 2.75. The number of nitrogens with zero attached hydrogens (tertiary/aromatic N) is 1. The van der Waals surface area contributed by atoms with E-state index in [9.17, 15) is 0 Å². The maximum Gasteiger partial charge on any atom is 0.127 e. The van der Waals surface area contributed by atoms with Gasteiger partial charge in [-0.3, -0.25) is 10.3 Å². The van der Waals surface area contributed by atoms with Gasteiger partial charge in [0.05, 0.1) is 13.2 Å². The van der Waals surface area contributed by atoms with Gasteiger partial charge < -0.3 is 15.2 Å². The van der Waals surface area contributed by atoms with E-state index >= 15 is 0 Å². The number of nitrogens with one attached hydrogen (secondary N) is 1. The quantitative estimate of drug-likeness (QED) is 0.623. The van der Waals surface area contributed by atoms with Gasteiger partial charge >= 0.3 is 0 Å². The predicted octanol–water partition coefficient (Wildman–Crippen LogP) is 0.799. The summed E-state index contributed by atoms with van der Waals surface area (Å²) in [6.45, 7) is 3.90. The number of benzene rings is 1. The minimum absolute atomic E-state index is 0.118. The highest BCUT2D eigenvalue weighted by Gasteiger charge is 2.29. The Bertz CT molecular complexity index is 478. The van der Waals surface area contributed by atoms with Crippen molar-refractivity contribution in [1.29, 1.82) is 5.41 Å². The van der Waals surface area contributed by atoms with E-state index < -0.39 is 0 Å². The van der Waals surface area contributed by atoms with Crippen LogP contribution in [0, 0.1) is 5.41 Å². The zero-order chi connectivity index (χ0) is 13.2. The summed E-state index contributed by atoms with van der Waals surface area (Å²) in [6, 6.07) is 8.21. The van der Waals surface area contributed by atoms with Crippen molar-refractivity contribution in [3.05, 3.63) is 29.8 Å². The number of fused-ring (bicyclic) bond motifs is 1. The smallest absolute Gasteiger partial charge is 0.127 e. The Morgan fingerprint density at radius 2 is 2.26 bits per heavy atom. The molecule has 0 aromatic heterocycles. The van der Waals surface area contributed by atoms with Crippen molar-refractivity contribution < 1.29 is 9.47 Å². The van der Waals surface area contributed by atoms with Crippen LogP contribution in [0.3, 0.4) is 0 Å². The van der Waals surface area contributed by atoms with Gasteiger partial charge in [0.25, 0.3) is 0 Å². The molecule has 0 radical (unpaired) electrons. The molecule has 5 nitrogen and oxygen atoms in total. The van der Waals surface area contributed by atoms with E-state index in [1.54, 1.807) is 0 Å². The average Bonchev–Trinajstić information content (AvgIpc) is 2.83. The van der Waals surface area contributed by atoms with Crippen LogP contribution < -0.4 is 10.5 Å². The van der Waals surface area contributed by atoms with Crippen LogP contribution in [0.1, 0.15) is 11.5 Å². The molecule has 0 amide bonds. The van der Waals surface area contributed by atoms with Crippen LogP contribution >= 0.6 is 0 Å². The Labute approximate surface area is 112 Å². The van der Waals surface area contributed by atoms with Crippen LogP contribution in [0.25, 0.3) is 0 Å². The molecular formula is C14H19N3O2. The van der Waals surface area contributed by atoms with Crippen LogP contribution in [0.5, 0.6) is 5.75 Å². The SMILES string of the molecule is N=C(N)C1CN(CC2COc3ccccc32)CCO1. The molecule has 3 N–H and O–H groups in total. The van der Waals surface area contributed by atoms with Gasteiger partial charge in [0.15, 0.2) is 0 Å². The first-order valence-electron chi connectivity index (χ1n) is 6.63. The third-order valence-corrected chi connectivity index (χ3v) is 3.77. The maximum absolute atomic E-state index is 7.48. The summed E-state index contributed by atoms with van der Waals surface area (Å²) >= 11 is 0. The van der Waals surface area contributed by atoms with Gasteiger partial charge in [0, 0.05) is 31.1 Å². The molecule has 3 rings (SSSR count). The summed E-state index contributed by atoms with van der Waals surface area (Å²) in [6.07, 6.45) is -0.258. The van der Waals surface area contributed by atoms with Crippen molar-refractivity contribution in [1.82, 2.24) is 4.90 Å². The average molecular weight is 261 g/mol. The number of hydrogen-bond acceptors (Lipinski definition) is 4. The summed E-state index contributed by atoms with van der Waals surface area (Å²) in [5.41, 5.74) is 6.81. The van der Waals surface area contributed by atoms with Crippen molar-refractivity contribution in [3.63, 3.8) is 0 Å². The number of nitrogens with two attached hydrogens (primary N) is 1. The highest BCUT2D eigenvalue weighted by Crippen LogP contribution is 2.34. The summed E-state index contributed by atoms with van der Waals surface area (Å²) in [5, 5.41) is 7.48. The van der Waals surface area contributed by atoms with Gasteiger partial charge in [0.2, 0.25) is 0 Å². The zero-order valence-corrected chi connectivity index (χ0v) is 10.8. The largest absolute Gasteiger partial charge is 0.493 e. The third kappa shape index (κ3) is 2.57. The van der Waals surface area contributed by atoms with Crippen LogP contribution in [-0.4, -0.2) is 49.7 Å². The Morgan fingerprint density at radius 3 is 3.11 bits per heavy atom. The van der Waals surface area contributed by atoms with E-state index in [0.717, 1.165) is 25.4 Å². The molecule has 1 fully saturated rings. The second-order valence-electron chi connectivity index (χ2n) is 5.12. The topological polar surface area (TPSA) is 71.6 Å². The van der Waals surface area contributed by atoms with Gasteiger partial charge in [0.1, 0.15) is 17.7 Å². The molecule has 2 unspecified atom stereocenters. The minimum Gasteiger partial charge on any atom is -0.493 e. The van der Waals surface area contributed by atoms with Gasteiger partial charge in [-0.1, -0.05) is 18.2 Å². The van der Waals surface area contributed by atoms with Gasteiger partial charge in [-0.2, -0.15) is 0 Å². The first kappa shape index (κ1) is 12.4. The number of amidine groups is 1. The molecular weight excluding hydrogens is 242 g/mol. The normalized spacial score (nSPS) is 26.7. The number of ether oxygens (including phenoxy) is 2. The molecule has 0 spiro atoms. The van der Waals surface area contributed by atoms with Gasteiger partial charge in [-0.15, -0.1) is 0 Å². The highest BCUT2D eigenvalue weighted by molar-refractivity contribution is 5.82. The predicted molar refractivity (Wildman–Crippen MR) is 72.8 cm³/mol. The standard InChI is InChI=1S/C14H19N3O2/c15-14(16)13-8-17(5-6-18-13)7-10-9-19-12-4-2-1-3-11(10)12/h1-4,10,13H,5-9H2,(H3,15,16). The number of para-hydroxylation sites is 1. The van der Waals surface area contributed by atoms with E-state index in [-0.39, 0.29) is 11.9 Å². The first-order chi connectivity index (χ1) is 9.24. The summed E-state index contributed by atoms with van der Waals surface area (Å²) in [4.78, 5) is 2.31. The molecule has 2 aliphatic rings. The lowest BCUT2D eigenvalue weighted by Gasteiger charge is -2.33. The van der Waals surface area contributed by atoms with Gasteiger partial charge in [-0.25, -0.2) is 0 Å². The molecule has 0 saturated carbocycles. The summed E-state index contributed by atoms with van der Waals surface area (Å²) in [5.74, 6) is 1.53. The maximum atomic E-state index is 7.48. The lowest BCUT2D eigenvalue weighted by atomic mass is 10.0. The molecule has 2 heterocycles. The second kappa shape index (κ2) is 5.19. The van der Waals surface area contributed by atoms with Crippen LogP contribution in [-0.2, 0) is 4.74 Å².